The highest BCUT2D eigenvalue weighted by Crippen LogP contribution is 2.64. The molecule has 1 amide bonds. The molecule has 4 aliphatic carbocycles. The highest BCUT2D eigenvalue weighted by molar-refractivity contribution is 5.91. The van der Waals surface area contributed by atoms with Crippen molar-refractivity contribution in [1.29, 1.82) is 0 Å². The fourth-order valence-electron chi connectivity index (χ4n) is 8.01. The molecule has 6 nitrogen and oxygen atoms in total. The zero-order valence-corrected chi connectivity index (χ0v) is 20.4. The second kappa shape index (κ2) is 10.3. The molecule has 3 N–H and O–H groups in total. The summed E-state index contributed by atoms with van der Waals surface area (Å²) in [6.07, 6.45) is 11.7. The van der Waals surface area contributed by atoms with Crippen molar-refractivity contribution in [3.8, 4) is 0 Å². The van der Waals surface area contributed by atoms with Crippen LogP contribution in [0.25, 0.3) is 0 Å². The summed E-state index contributed by atoms with van der Waals surface area (Å²) in [7, 11) is 0. The highest BCUT2D eigenvalue weighted by atomic mass is 16.6. The molecule has 0 aromatic heterocycles. The second-order valence-electron chi connectivity index (χ2n) is 11.2. The van der Waals surface area contributed by atoms with E-state index in [9.17, 15) is 14.4 Å². The number of nitrogens with two attached hydrogens (primary N) is 1. The predicted molar refractivity (Wildman–Crippen MR) is 127 cm³/mol. The van der Waals surface area contributed by atoms with E-state index in [0.717, 1.165) is 64.2 Å². The van der Waals surface area contributed by atoms with E-state index < -0.39 is 0 Å². The van der Waals surface area contributed by atoms with Crippen molar-refractivity contribution in [1.82, 2.24) is 5.32 Å². The molecule has 0 aliphatic heterocycles. The van der Waals surface area contributed by atoms with Gasteiger partial charge in [0.2, 0.25) is 0 Å². The third-order valence-corrected chi connectivity index (χ3v) is 9.40. The first-order chi connectivity index (χ1) is 15.8. The molecule has 3 saturated carbocycles. The number of hydrogen-bond acceptors (Lipinski definition) is 5. The largest absolute Gasteiger partial charge is 0.446 e. The van der Waals surface area contributed by atoms with Crippen LogP contribution in [-0.2, 0) is 14.3 Å². The minimum absolute atomic E-state index is 0.0602. The molecule has 0 spiro atoms. The van der Waals surface area contributed by atoms with Gasteiger partial charge in [0.25, 0.3) is 0 Å². The van der Waals surface area contributed by atoms with Crippen molar-refractivity contribution >= 4 is 17.7 Å². The summed E-state index contributed by atoms with van der Waals surface area (Å²) in [5, 5.41) is 2.96. The zero-order valence-electron chi connectivity index (χ0n) is 20.4. The van der Waals surface area contributed by atoms with Crippen LogP contribution in [-0.4, -0.2) is 36.9 Å². The quantitative estimate of drug-likeness (QED) is 0.520. The number of alkyl carbamates (subject to hydrolysis) is 1. The molecule has 0 aromatic carbocycles. The Bertz CT molecular complexity index is 793. The first-order valence-corrected chi connectivity index (χ1v) is 13.2. The fraction of sp³-hybridized carbons (Fsp3) is 0.815. The molecule has 3 fully saturated rings. The topological polar surface area (TPSA) is 98.5 Å². The standard InChI is InChI=1S/C27H42N2O4/c1-17(30)22-11-12-23-21-9-7-18-15-19(31)8-10-20(18)25(21)24(16-27(22,23)2)33-26(32)29-14-6-4-3-5-13-28/h15,20-25H,3-14,16,28H2,1-2H3,(H,29,32)/t20-,21-,22+,23-,24+,25+,27+/m0/s1. The molecule has 7 atom stereocenters. The summed E-state index contributed by atoms with van der Waals surface area (Å²) in [5.74, 6) is 2.12. The SMILES string of the molecule is CC(=O)[C@H]1CC[C@H]2[C@@H]3CCC4=CC(=O)CC[C@@H]4[C@H]3[C@H](OC(=O)NCCCCCCN)C[C@]12C. The number of nitrogens with one attached hydrogen (secondary N) is 1. The normalized spacial score (nSPS) is 37.4. The van der Waals surface area contributed by atoms with Gasteiger partial charge in [-0.25, -0.2) is 4.79 Å². The molecule has 0 radical (unpaired) electrons. The van der Waals surface area contributed by atoms with Gasteiger partial charge >= 0.3 is 6.09 Å². The summed E-state index contributed by atoms with van der Waals surface area (Å²) in [4.78, 5) is 37.4. The van der Waals surface area contributed by atoms with Gasteiger partial charge in [-0.15, -0.1) is 0 Å². The Hall–Kier alpha value is -1.69. The maximum atomic E-state index is 12.8. The van der Waals surface area contributed by atoms with E-state index in [-0.39, 0.29) is 41.0 Å². The van der Waals surface area contributed by atoms with E-state index >= 15 is 0 Å². The average molecular weight is 459 g/mol. The third kappa shape index (κ3) is 4.91. The van der Waals surface area contributed by atoms with Crippen molar-refractivity contribution in [2.75, 3.05) is 13.1 Å². The minimum atomic E-state index is -0.333. The lowest BCUT2D eigenvalue weighted by Crippen LogP contribution is -2.55. The number of fused-ring (bicyclic) bond motifs is 5. The summed E-state index contributed by atoms with van der Waals surface area (Å²) in [5.41, 5.74) is 6.71. The Kier molecular flexibility index (Phi) is 7.62. The fourth-order valence-corrected chi connectivity index (χ4v) is 8.01. The van der Waals surface area contributed by atoms with Crippen molar-refractivity contribution in [2.24, 2.45) is 40.7 Å². The van der Waals surface area contributed by atoms with Gasteiger partial charge in [-0.1, -0.05) is 25.3 Å². The van der Waals surface area contributed by atoms with Crippen LogP contribution in [0.15, 0.2) is 11.6 Å². The Morgan fingerprint density at radius 1 is 1.12 bits per heavy atom. The molecule has 33 heavy (non-hydrogen) atoms. The molecule has 0 aromatic rings. The molecule has 6 heteroatoms. The monoisotopic (exact) mass is 458 g/mol. The molecule has 184 valence electrons. The first kappa shape index (κ1) is 24.4. The van der Waals surface area contributed by atoms with Crippen LogP contribution in [0.1, 0.15) is 84.5 Å². The van der Waals surface area contributed by atoms with Crippen molar-refractivity contribution < 1.29 is 19.1 Å². The molecule has 4 aliphatic rings. The molecular weight excluding hydrogens is 416 g/mol. The van der Waals surface area contributed by atoms with Gasteiger partial charge in [0, 0.05) is 24.8 Å². The van der Waals surface area contributed by atoms with E-state index in [0.29, 0.717) is 37.3 Å². The Balaban J connectivity index is 1.50. The van der Waals surface area contributed by atoms with Crippen LogP contribution in [0.5, 0.6) is 0 Å². The molecule has 0 unspecified atom stereocenters. The molecule has 0 saturated heterocycles. The maximum Gasteiger partial charge on any atom is 0.407 e. The third-order valence-electron chi connectivity index (χ3n) is 9.40. The van der Waals surface area contributed by atoms with Crippen molar-refractivity contribution in [3.63, 3.8) is 0 Å². The number of amides is 1. The molecule has 0 heterocycles. The zero-order chi connectivity index (χ0) is 23.6. The van der Waals surface area contributed by atoms with Gasteiger partial charge in [-0.3, -0.25) is 9.59 Å². The van der Waals surface area contributed by atoms with Gasteiger partial charge in [0.15, 0.2) is 5.78 Å². The van der Waals surface area contributed by atoms with Gasteiger partial charge in [-0.05, 0) is 94.1 Å². The average Bonchev–Trinajstić information content (AvgIpc) is 3.12. The number of rotatable bonds is 8. The summed E-state index contributed by atoms with van der Waals surface area (Å²) in [6.45, 7) is 5.33. The lowest BCUT2D eigenvalue weighted by atomic mass is 9.50. The number of Topliss-reactive ketones (excluding diaryl/α,β-unsaturated/α-hetero) is 1. The summed E-state index contributed by atoms with van der Waals surface area (Å²) in [6, 6.07) is 0. The number of hydrogen-bond donors (Lipinski definition) is 2. The van der Waals surface area contributed by atoms with Crippen LogP contribution >= 0.6 is 0 Å². The maximum absolute atomic E-state index is 12.8. The number of carbonyl (C=O) groups excluding carboxylic acids is 3. The molecular formula is C27H42N2O4. The number of ketones is 2. The van der Waals surface area contributed by atoms with Gasteiger partial charge in [0.05, 0.1) is 0 Å². The number of carbonyl (C=O) groups is 3. The second-order valence-corrected chi connectivity index (χ2v) is 11.2. The summed E-state index contributed by atoms with van der Waals surface area (Å²) < 4.78 is 6.17. The predicted octanol–water partition coefficient (Wildman–Crippen LogP) is 4.56. The molecule has 4 rings (SSSR count). The van der Waals surface area contributed by atoms with E-state index in [1.165, 1.54) is 5.57 Å². The van der Waals surface area contributed by atoms with Gasteiger partial charge < -0.3 is 15.8 Å². The summed E-state index contributed by atoms with van der Waals surface area (Å²) >= 11 is 0. The van der Waals surface area contributed by atoms with Crippen LogP contribution in [0, 0.1) is 35.0 Å². The first-order valence-electron chi connectivity index (χ1n) is 13.2. The van der Waals surface area contributed by atoms with Crippen LogP contribution in [0.3, 0.4) is 0 Å². The highest BCUT2D eigenvalue weighted by Gasteiger charge is 2.61. The Morgan fingerprint density at radius 3 is 2.67 bits per heavy atom. The Morgan fingerprint density at radius 2 is 1.91 bits per heavy atom. The molecule has 0 bridgehead atoms. The van der Waals surface area contributed by atoms with E-state index in [2.05, 4.69) is 12.2 Å². The minimum Gasteiger partial charge on any atom is -0.446 e. The van der Waals surface area contributed by atoms with E-state index in [4.69, 9.17) is 10.5 Å². The van der Waals surface area contributed by atoms with Crippen molar-refractivity contribution in [3.05, 3.63) is 11.6 Å². The lowest BCUT2D eigenvalue weighted by Gasteiger charge is -2.56. The van der Waals surface area contributed by atoms with E-state index in [1.54, 1.807) is 6.92 Å². The number of allylic oxidation sites excluding steroid dienone is 1. The van der Waals surface area contributed by atoms with Gasteiger partial charge in [-0.2, -0.15) is 0 Å². The van der Waals surface area contributed by atoms with Crippen LogP contribution < -0.4 is 11.1 Å². The van der Waals surface area contributed by atoms with Crippen LogP contribution in [0.4, 0.5) is 4.79 Å². The smallest absolute Gasteiger partial charge is 0.407 e. The van der Waals surface area contributed by atoms with Gasteiger partial charge in [0.1, 0.15) is 11.9 Å². The van der Waals surface area contributed by atoms with Crippen LogP contribution in [0.2, 0.25) is 0 Å². The number of unbranched alkanes of at least 4 members (excludes halogenated alkanes) is 3. The van der Waals surface area contributed by atoms with E-state index in [1.807, 2.05) is 6.08 Å². The Labute approximate surface area is 198 Å². The number of ether oxygens (including phenoxy) is 1. The van der Waals surface area contributed by atoms with Crippen molar-refractivity contribution in [2.45, 2.75) is 90.6 Å². The lowest BCUT2D eigenvalue weighted by molar-refractivity contribution is -0.135.